The molecule has 0 heterocycles. The van der Waals surface area contributed by atoms with E-state index in [1.165, 1.54) is 10.4 Å². The van der Waals surface area contributed by atoms with Gasteiger partial charge in [-0.15, -0.1) is 0 Å². The number of rotatable bonds is 6. The largest absolute Gasteiger partial charge is 0.493 e. The molecule has 0 amide bonds. The third-order valence-corrected chi connectivity index (χ3v) is 11.9. The maximum absolute atomic E-state index is 13.4. The van der Waals surface area contributed by atoms with Crippen LogP contribution in [-0.2, 0) is 10.8 Å². The van der Waals surface area contributed by atoms with Gasteiger partial charge in [0, 0.05) is 17.5 Å². The molecular formula is C29H34O4Si. The van der Waals surface area contributed by atoms with Gasteiger partial charge in [-0.2, -0.15) is 0 Å². The van der Waals surface area contributed by atoms with Crippen molar-refractivity contribution in [3.63, 3.8) is 0 Å². The Bertz CT molecular complexity index is 1100. The summed E-state index contributed by atoms with van der Waals surface area (Å²) < 4.78 is 18.4. The molecule has 0 aliphatic heterocycles. The van der Waals surface area contributed by atoms with E-state index in [9.17, 15) is 4.79 Å². The van der Waals surface area contributed by atoms with E-state index < -0.39 is 8.32 Å². The highest BCUT2D eigenvalue weighted by Gasteiger charge is 2.51. The topological polar surface area (TPSA) is 44.8 Å². The van der Waals surface area contributed by atoms with E-state index in [2.05, 4.69) is 69.3 Å². The Kier molecular flexibility index (Phi) is 6.96. The second kappa shape index (κ2) is 9.77. The average Bonchev–Trinajstić information content (AvgIpc) is 3.00. The molecule has 4 rings (SSSR count). The predicted octanol–water partition coefficient (Wildman–Crippen LogP) is 5.17. The number of fused-ring (bicyclic) bond motifs is 1. The standard InChI is InChI=1S/C29H34O4Si/c1-29(2,3)34(22-12-8-6-9-13-22,23-14-10-7-11-15-23)33-21-16-17-25-24(26(30)20-21)18-19-27(31-4)28(25)32-5/h6-15,18-19,21H,16-17,20H2,1-5H3. The number of Topliss-reactive ketones (excluding diaryl/α,β-unsaturated/α-hetero) is 1. The van der Waals surface area contributed by atoms with Crippen molar-refractivity contribution in [1.29, 1.82) is 0 Å². The Labute approximate surface area is 204 Å². The summed E-state index contributed by atoms with van der Waals surface area (Å²) in [6, 6.07) is 24.8. The van der Waals surface area contributed by atoms with E-state index in [-0.39, 0.29) is 16.9 Å². The summed E-state index contributed by atoms with van der Waals surface area (Å²) in [7, 11) is 0.512. The molecule has 3 aromatic rings. The van der Waals surface area contributed by atoms with Crippen molar-refractivity contribution in [2.24, 2.45) is 0 Å². The molecule has 1 aliphatic carbocycles. The molecule has 3 aromatic carbocycles. The molecule has 4 nitrogen and oxygen atoms in total. The molecule has 0 fully saturated rings. The second-order valence-corrected chi connectivity index (χ2v) is 14.1. The Balaban J connectivity index is 1.78. The summed E-state index contributed by atoms with van der Waals surface area (Å²) in [6.45, 7) is 6.79. The summed E-state index contributed by atoms with van der Waals surface area (Å²) in [5, 5.41) is 2.31. The summed E-state index contributed by atoms with van der Waals surface area (Å²) in [5.74, 6) is 1.40. The van der Waals surface area contributed by atoms with Gasteiger partial charge in [-0.1, -0.05) is 81.4 Å². The van der Waals surface area contributed by atoms with Gasteiger partial charge in [0.25, 0.3) is 8.32 Å². The zero-order valence-electron chi connectivity index (χ0n) is 20.8. The van der Waals surface area contributed by atoms with Crippen molar-refractivity contribution >= 4 is 24.5 Å². The Hall–Kier alpha value is -2.89. The lowest BCUT2D eigenvalue weighted by molar-refractivity contribution is 0.0899. The van der Waals surface area contributed by atoms with Crippen LogP contribution in [0.1, 0.15) is 49.5 Å². The monoisotopic (exact) mass is 474 g/mol. The first-order valence-electron chi connectivity index (χ1n) is 11.9. The Morgan fingerprint density at radius 1 is 0.824 bits per heavy atom. The Morgan fingerprint density at radius 2 is 1.41 bits per heavy atom. The zero-order chi connectivity index (χ0) is 24.3. The van der Waals surface area contributed by atoms with Gasteiger partial charge < -0.3 is 13.9 Å². The van der Waals surface area contributed by atoms with E-state index in [4.69, 9.17) is 13.9 Å². The zero-order valence-corrected chi connectivity index (χ0v) is 21.8. The average molecular weight is 475 g/mol. The quantitative estimate of drug-likeness (QED) is 0.365. The van der Waals surface area contributed by atoms with Crippen molar-refractivity contribution in [3.05, 3.63) is 83.9 Å². The van der Waals surface area contributed by atoms with Gasteiger partial charge in [0.05, 0.1) is 20.3 Å². The molecular weight excluding hydrogens is 440 g/mol. The highest BCUT2D eigenvalue weighted by atomic mass is 28.4. The summed E-state index contributed by atoms with van der Waals surface area (Å²) in [4.78, 5) is 13.4. The predicted molar refractivity (Wildman–Crippen MR) is 139 cm³/mol. The number of ether oxygens (including phenoxy) is 2. The van der Waals surface area contributed by atoms with Crippen molar-refractivity contribution in [2.75, 3.05) is 14.2 Å². The summed E-state index contributed by atoms with van der Waals surface area (Å²) >= 11 is 0. The fourth-order valence-electron chi connectivity index (χ4n) is 5.27. The maximum atomic E-state index is 13.4. The summed E-state index contributed by atoms with van der Waals surface area (Å²) in [6.07, 6.45) is 1.60. The highest BCUT2D eigenvalue weighted by Crippen LogP contribution is 2.41. The van der Waals surface area contributed by atoms with Crippen molar-refractivity contribution in [1.82, 2.24) is 0 Å². The van der Waals surface area contributed by atoms with Crippen LogP contribution in [0.3, 0.4) is 0 Å². The molecule has 0 N–H and O–H groups in total. The van der Waals surface area contributed by atoms with Crippen LogP contribution in [0.2, 0.25) is 5.04 Å². The minimum absolute atomic E-state index is 0.0939. The van der Waals surface area contributed by atoms with Crippen LogP contribution in [-0.4, -0.2) is 34.4 Å². The lowest BCUT2D eigenvalue weighted by atomic mass is 10.0. The molecule has 5 heteroatoms. The first-order chi connectivity index (χ1) is 16.3. The SMILES string of the molecule is COc1ccc2c(c1OC)CCC(O[Si](c1ccccc1)(c1ccccc1)C(C)(C)C)CC2=O. The van der Waals surface area contributed by atoms with Crippen LogP contribution in [0.15, 0.2) is 72.8 Å². The van der Waals surface area contributed by atoms with E-state index in [0.29, 0.717) is 29.9 Å². The molecule has 0 saturated heterocycles. The third kappa shape index (κ3) is 4.30. The number of hydrogen-bond donors (Lipinski definition) is 0. The van der Waals surface area contributed by atoms with E-state index in [1.54, 1.807) is 14.2 Å². The van der Waals surface area contributed by atoms with Crippen molar-refractivity contribution < 1.29 is 18.7 Å². The normalized spacial score (nSPS) is 16.5. The summed E-state index contributed by atoms with van der Waals surface area (Å²) in [5.41, 5.74) is 1.63. The van der Waals surface area contributed by atoms with Crippen LogP contribution in [0.25, 0.3) is 0 Å². The first-order valence-corrected chi connectivity index (χ1v) is 13.8. The van der Waals surface area contributed by atoms with E-state index in [0.717, 1.165) is 12.0 Å². The van der Waals surface area contributed by atoms with Crippen LogP contribution in [0, 0.1) is 0 Å². The number of methoxy groups -OCH3 is 2. The van der Waals surface area contributed by atoms with Crippen LogP contribution >= 0.6 is 0 Å². The van der Waals surface area contributed by atoms with Gasteiger partial charge in [-0.3, -0.25) is 4.79 Å². The number of carbonyl (C=O) groups is 1. The highest BCUT2D eigenvalue weighted by molar-refractivity contribution is 6.99. The number of carbonyl (C=O) groups excluding carboxylic acids is 1. The molecule has 34 heavy (non-hydrogen) atoms. The molecule has 0 bridgehead atoms. The van der Waals surface area contributed by atoms with Gasteiger partial charge >= 0.3 is 0 Å². The van der Waals surface area contributed by atoms with Crippen LogP contribution < -0.4 is 19.8 Å². The molecule has 1 aliphatic rings. The van der Waals surface area contributed by atoms with Gasteiger partial charge in [0.2, 0.25) is 0 Å². The smallest absolute Gasteiger partial charge is 0.261 e. The van der Waals surface area contributed by atoms with E-state index in [1.807, 2.05) is 24.3 Å². The van der Waals surface area contributed by atoms with Crippen molar-refractivity contribution in [2.45, 2.75) is 51.2 Å². The fraction of sp³-hybridized carbons (Fsp3) is 0.345. The number of benzene rings is 3. The van der Waals surface area contributed by atoms with Crippen LogP contribution in [0.4, 0.5) is 0 Å². The first kappa shape index (κ1) is 24.2. The molecule has 178 valence electrons. The fourth-order valence-corrected chi connectivity index (χ4v) is 9.98. The lowest BCUT2D eigenvalue weighted by Gasteiger charge is -2.45. The van der Waals surface area contributed by atoms with Crippen molar-refractivity contribution in [3.8, 4) is 11.5 Å². The van der Waals surface area contributed by atoms with Crippen LogP contribution in [0.5, 0.6) is 11.5 Å². The molecule has 0 saturated carbocycles. The maximum Gasteiger partial charge on any atom is 0.261 e. The number of ketones is 1. The molecule has 1 unspecified atom stereocenters. The van der Waals surface area contributed by atoms with Gasteiger partial charge in [-0.25, -0.2) is 0 Å². The minimum atomic E-state index is -2.74. The molecule has 0 radical (unpaired) electrons. The van der Waals surface area contributed by atoms with Gasteiger partial charge in [0.1, 0.15) is 0 Å². The lowest BCUT2D eigenvalue weighted by Crippen LogP contribution is -2.67. The molecule has 0 spiro atoms. The van der Waals surface area contributed by atoms with E-state index >= 15 is 0 Å². The van der Waals surface area contributed by atoms with Gasteiger partial charge in [0.15, 0.2) is 17.3 Å². The van der Waals surface area contributed by atoms with Gasteiger partial charge in [-0.05, 0) is 40.4 Å². The second-order valence-electron chi connectivity index (χ2n) is 9.90. The number of hydrogen-bond acceptors (Lipinski definition) is 4. The minimum Gasteiger partial charge on any atom is -0.493 e. The third-order valence-electron chi connectivity index (χ3n) is 6.84. The Morgan fingerprint density at radius 3 is 1.91 bits per heavy atom. The molecule has 0 aromatic heterocycles. The molecule has 1 atom stereocenters.